The highest BCUT2D eigenvalue weighted by Gasteiger charge is 2.35. The van der Waals surface area contributed by atoms with Crippen LogP contribution >= 0.6 is 11.6 Å². The van der Waals surface area contributed by atoms with Crippen LogP contribution in [0.15, 0.2) is 42.7 Å². The molecule has 1 aliphatic heterocycles. The number of hydrogen-bond acceptors (Lipinski definition) is 2. The number of aromatic nitrogens is 1. The Morgan fingerprint density at radius 3 is 2.67 bits per heavy atom. The summed E-state index contributed by atoms with van der Waals surface area (Å²) in [5.41, 5.74) is 3.28. The molecule has 1 aliphatic carbocycles. The van der Waals surface area contributed by atoms with E-state index in [1.165, 1.54) is 32.1 Å². The van der Waals surface area contributed by atoms with Gasteiger partial charge in [-0.15, -0.1) is 0 Å². The van der Waals surface area contributed by atoms with Crippen LogP contribution in [0.3, 0.4) is 0 Å². The topological polar surface area (TPSA) is 33.2 Å². The van der Waals surface area contributed by atoms with E-state index in [-0.39, 0.29) is 5.92 Å². The molecule has 27 heavy (non-hydrogen) atoms. The number of benzene rings is 1. The lowest BCUT2D eigenvalue weighted by Crippen LogP contribution is -2.38. The van der Waals surface area contributed by atoms with Crippen LogP contribution < -0.4 is 0 Å². The molecule has 0 N–H and O–H groups in total. The van der Waals surface area contributed by atoms with E-state index in [2.05, 4.69) is 22.0 Å². The molecule has 4 rings (SSSR count). The van der Waals surface area contributed by atoms with Crippen molar-refractivity contribution in [1.82, 2.24) is 9.88 Å². The number of amides is 1. The summed E-state index contributed by atoms with van der Waals surface area (Å²) in [6.07, 6.45) is 12.7. The fourth-order valence-electron chi connectivity index (χ4n) is 4.58. The normalized spacial score (nSPS) is 21.0. The van der Waals surface area contributed by atoms with Crippen LogP contribution in [-0.4, -0.2) is 28.4 Å². The summed E-state index contributed by atoms with van der Waals surface area (Å²) in [6.45, 7) is 0.946. The molecular weight excluding hydrogens is 356 g/mol. The molecule has 4 heteroatoms. The summed E-state index contributed by atoms with van der Waals surface area (Å²) < 4.78 is 0. The average Bonchev–Trinajstić information content (AvgIpc) is 3.09. The molecule has 1 saturated carbocycles. The molecule has 1 saturated heterocycles. The van der Waals surface area contributed by atoms with Crippen molar-refractivity contribution >= 4 is 17.5 Å². The first-order chi connectivity index (χ1) is 13.2. The second-order valence-electron chi connectivity index (χ2n) is 7.90. The summed E-state index contributed by atoms with van der Waals surface area (Å²) in [5, 5.41) is 0.783. The molecule has 1 aromatic heterocycles. The summed E-state index contributed by atoms with van der Waals surface area (Å²) in [5.74, 6) is 0.547. The molecule has 0 bridgehead atoms. The molecule has 1 atom stereocenters. The molecule has 142 valence electrons. The second kappa shape index (κ2) is 8.43. The minimum absolute atomic E-state index is 0.168. The molecule has 0 radical (unpaired) electrons. The zero-order valence-electron chi connectivity index (χ0n) is 15.7. The van der Waals surface area contributed by atoms with Crippen molar-refractivity contribution < 1.29 is 4.79 Å². The highest BCUT2D eigenvalue weighted by Crippen LogP contribution is 2.32. The third-order valence-corrected chi connectivity index (χ3v) is 6.53. The minimum atomic E-state index is 0.168. The van der Waals surface area contributed by atoms with Gasteiger partial charge >= 0.3 is 0 Å². The SMILES string of the molecule is O=C1C(CCc2ccc(-c3cccnc3)cc2Cl)CCN1C1CCCCC1. The van der Waals surface area contributed by atoms with Gasteiger partial charge in [-0.05, 0) is 55.4 Å². The maximum Gasteiger partial charge on any atom is 0.226 e. The molecule has 2 fully saturated rings. The largest absolute Gasteiger partial charge is 0.339 e. The standard InChI is InChI=1S/C23H27ClN2O/c24-22-15-19(20-5-4-13-25-16-20)11-9-17(22)8-10-18-12-14-26(23(18)27)21-6-2-1-3-7-21/h4-5,9,11,13,15-16,18,21H,1-3,6-8,10,12,14H2. The number of carbonyl (C=O) groups is 1. The number of rotatable bonds is 5. The lowest BCUT2D eigenvalue weighted by atomic mass is 9.94. The van der Waals surface area contributed by atoms with Gasteiger partial charge in [0.2, 0.25) is 5.91 Å². The van der Waals surface area contributed by atoms with Gasteiger partial charge in [0.1, 0.15) is 0 Å². The minimum Gasteiger partial charge on any atom is -0.339 e. The summed E-state index contributed by atoms with van der Waals surface area (Å²) >= 11 is 6.54. The Labute approximate surface area is 166 Å². The van der Waals surface area contributed by atoms with Gasteiger partial charge < -0.3 is 4.90 Å². The lowest BCUT2D eigenvalue weighted by Gasteiger charge is -2.31. The van der Waals surface area contributed by atoms with E-state index in [9.17, 15) is 4.79 Å². The van der Waals surface area contributed by atoms with Crippen molar-refractivity contribution in [1.29, 1.82) is 0 Å². The average molecular weight is 383 g/mol. The Balaban J connectivity index is 1.37. The van der Waals surface area contributed by atoms with Gasteiger partial charge in [-0.3, -0.25) is 9.78 Å². The Hall–Kier alpha value is -1.87. The van der Waals surface area contributed by atoms with Crippen LogP contribution in [0.4, 0.5) is 0 Å². The van der Waals surface area contributed by atoms with Gasteiger partial charge in [0, 0.05) is 41.5 Å². The van der Waals surface area contributed by atoms with Crippen LogP contribution in [-0.2, 0) is 11.2 Å². The summed E-state index contributed by atoms with van der Waals surface area (Å²) in [6, 6.07) is 10.7. The summed E-state index contributed by atoms with van der Waals surface area (Å²) in [4.78, 5) is 19.2. The second-order valence-corrected chi connectivity index (χ2v) is 8.30. The van der Waals surface area contributed by atoms with Crippen LogP contribution in [0.25, 0.3) is 11.1 Å². The van der Waals surface area contributed by atoms with Crippen molar-refractivity contribution in [3.63, 3.8) is 0 Å². The fourth-order valence-corrected chi connectivity index (χ4v) is 4.85. The van der Waals surface area contributed by atoms with E-state index in [4.69, 9.17) is 11.6 Å². The van der Waals surface area contributed by atoms with E-state index in [1.54, 1.807) is 6.20 Å². The number of likely N-dealkylation sites (tertiary alicyclic amines) is 1. The van der Waals surface area contributed by atoms with E-state index >= 15 is 0 Å². The molecule has 2 heterocycles. The molecule has 1 amide bonds. The van der Waals surface area contributed by atoms with Crippen LogP contribution in [0, 0.1) is 5.92 Å². The number of hydrogen-bond donors (Lipinski definition) is 0. The first kappa shape index (κ1) is 18.5. The predicted molar refractivity (Wildman–Crippen MR) is 110 cm³/mol. The van der Waals surface area contributed by atoms with E-state index in [1.807, 2.05) is 24.4 Å². The molecule has 2 aromatic rings. The van der Waals surface area contributed by atoms with Gasteiger partial charge in [0.05, 0.1) is 0 Å². The predicted octanol–water partition coefficient (Wildman–Crippen LogP) is 5.52. The smallest absolute Gasteiger partial charge is 0.226 e. The molecular formula is C23H27ClN2O. The Kier molecular flexibility index (Phi) is 5.77. The zero-order valence-corrected chi connectivity index (χ0v) is 16.5. The van der Waals surface area contributed by atoms with Crippen LogP contribution in [0.2, 0.25) is 5.02 Å². The van der Waals surface area contributed by atoms with E-state index in [0.717, 1.165) is 47.5 Å². The van der Waals surface area contributed by atoms with Crippen molar-refractivity contribution in [2.45, 2.75) is 57.4 Å². The highest BCUT2D eigenvalue weighted by molar-refractivity contribution is 6.31. The lowest BCUT2D eigenvalue weighted by molar-refractivity contribution is -0.133. The third kappa shape index (κ3) is 4.19. The Morgan fingerprint density at radius 2 is 1.93 bits per heavy atom. The molecule has 1 aromatic carbocycles. The van der Waals surface area contributed by atoms with Crippen molar-refractivity contribution in [3.8, 4) is 11.1 Å². The molecule has 0 spiro atoms. The maximum absolute atomic E-state index is 12.8. The zero-order chi connectivity index (χ0) is 18.6. The van der Waals surface area contributed by atoms with Gasteiger partial charge in [-0.25, -0.2) is 0 Å². The number of aryl methyl sites for hydroxylation is 1. The number of pyridine rings is 1. The first-order valence-electron chi connectivity index (χ1n) is 10.2. The third-order valence-electron chi connectivity index (χ3n) is 6.18. The molecule has 2 aliphatic rings. The molecule has 1 unspecified atom stereocenters. The van der Waals surface area contributed by atoms with Crippen molar-refractivity contribution in [2.24, 2.45) is 5.92 Å². The monoisotopic (exact) mass is 382 g/mol. The molecule has 3 nitrogen and oxygen atoms in total. The fraction of sp³-hybridized carbons (Fsp3) is 0.478. The quantitative estimate of drug-likeness (QED) is 0.682. The van der Waals surface area contributed by atoms with Gasteiger partial charge in [-0.1, -0.05) is 49.1 Å². The first-order valence-corrected chi connectivity index (χ1v) is 10.6. The van der Waals surface area contributed by atoms with E-state index in [0.29, 0.717) is 11.9 Å². The van der Waals surface area contributed by atoms with E-state index < -0.39 is 0 Å². The van der Waals surface area contributed by atoms with Gasteiger partial charge in [-0.2, -0.15) is 0 Å². The van der Waals surface area contributed by atoms with Gasteiger partial charge in [0.15, 0.2) is 0 Å². The van der Waals surface area contributed by atoms with Crippen molar-refractivity contribution in [2.75, 3.05) is 6.54 Å². The highest BCUT2D eigenvalue weighted by atomic mass is 35.5. The number of nitrogens with zero attached hydrogens (tertiary/aromatic N) is 2. The number of halogens is 1. The Bertz CT molecular complexity index is 786. The maximum atomic E-state index is 12.8. The van der Waals surface area contributed by atoms with Gasteiger partial charge in [0.25, 0.3) is 0 Å². The van der Waals surface area contributed by atoms with Crippen LogP contribution in [0.1, 0.15) is 50.5 Å². The summed E-state index contributed by atoms with van der Waals surface area (Å²) in [7, 11) is 0. The number of carbonyl (C=O) groups excluding carboxylic acids is 1. The Morgan fingerprint density at radius 1 is 1.07 bits per heavy atom. The van der Waals surface area contributed by atoms with Crippen LogP contribution in [0.5, 0.6) is 0 Å². The van der Waals surface area contributed by atoms with Crippen molar-refractivity contribution in [3.05, 3.63) is 53.3 Å².